The Kier molecular flexibility index (Phi) is 6.16. The number of nitrogens with one attached hydrogen (secondary N) is 1. The third-order valence-electron chi connectivity index (χ3n) is 5.84. The second kappa shape index (κ2) is 9.18. The van der Waals surface area contributed by atoms with Gasteiger partial charge in [0, 0.05) is 30.2 Å². The van der Waals surface area contributed by atoms with Crippen molar-refractivity contribution in [3.05, 3.63) is 78.1 Å². The van der Waals surface area contributed by atoms with Gasteiger partial charge in [-0.3, -0.25) is 9.59 Å². The maximum absolute atomic E-state index is 13.4. The lowest BCUT2D eigenvalue weighted by Gasteiger charge is -2.43. The molecular weight excluding hydrogens is 404 g/mol. The van der Waals surface area contributed by atoms with Crippen LogP contribution in [0.25, 0.3) is 0 Å². The highest BCUT2D eigenvalue weighted by Crippen LogP contribution is 2.32. The largest absolute Gasteiger partial charge is 0.424 e. The number of benzene rings is 2. The molecule has 1 saturated heterocycles. The molecule has 7 nitrogen and oxygen atoms in total. The topological polar surface area (TPSA) is 84.4 Å². The van der Waals surface area contributed by atoms with Gasteiger partial charge in [0.2, 0.25) is 5.91 Å². The minimum atomic E-state index is -0.926. The fourth-order valence-electron chi connectivity index (χ4n) is 3.96. The predicted molar refractivity (Wildman–Crippen MR) is 122 cm³/mol. The number of rotatable bonds is 5. The Morgan fingerprint density at radius 1 is 1.03 bits per heavy atom. The van der Waals surface area contributed by atoms with Gasteiger partial charge >= 0.3 is 6.01 Å². The van der Waals surface area contributed by atoms with Crippen LogP contribution >= 0.6 is 0 Å². The molecule has 1 aliphatic rings. The van der Waals surface area contributed by atoms with Gasteiger partial charge in [0.15, 0.2) is 0 Å². The third-order valence-corrected chi connectivity index (χ3v) is 5.84. The van der Waals surface area contributed by atoms with Gasteiger partial charge in [-0.25, -0.2) is 9.97 Å². The standard InChI is InChI=1S/C25H26N4O3/c1-18-17-20(32-24-26-14-8-15-27-24)11-12-21(18)28-23(31)25(2)13-6-7-16-29(25)22(30)19-9-4-3-5-10-19/h3-5,8-12,14-15,17H,6-7,13,16H2,1-2H3,(H,28,31)/t25-/m1/s1. The first-order valence-electron chi connectivity index (χ1n) is 10.7. The molecule has 1 aliphatic heterocycles. The summed E-state index contributed by atoms with van der Waals surface area (Å²) in [6.45, 7) is 4.30. The molecule has 0 aliphatic carbocycles. The monoisotopic (exact) mass is 430 g/mol. The van der Waals surface area contributed by atoms with Crippen LogP contribution in [0.4, 0.5) is 5.69 Å². The summed E-state index contributed by atoms with van der Waals surface area (Å²) in [7, 11) is 0. The number of piperidine rings is 1. The molecule has 0 unspecified atom stereocenters. The van der Waals surface area contributed by atoms with Gasteiger partial charge in [-0.1, -0.05) is 18.2 Å². The van der Waals surface area contributed by atoms with Gasteiger partial charge < -0.3 is 15.0 Å². The first-order valence-corrected chi connectivity index (χ1v) is 10.7. The molecular formula is C25H26N4O3. The molecule has 4 rings (SSSR count). The molecule has 1 fully saturated rings. The molecule has 0 bridgehead atoms. The SMILES string of the molecule is Cc1cc(Oc2ncccn2)ccc1NC(=O)[C@@]1(C)CCCCN1C(=O)c1ccccc1. The van der Waals surface area contributed by atoms with Gasteiger partial charge in [-0.2, -0.15) is 0 Å². The molecule has 2 aromatic carbocycles. The summed E-state index contributed by atoms with van der Waals surface area (Å²) in [5, 5.41) is 3.03. The maximum atomic E-state index is 13.4. The Morgan fingerprint density at radius 2 is 1.78 bits per heavy atom. The number of likely N-dealkylation sites (tertiary alicyclic amines) is 1. The molecule has 7 heteroatoms. The van der Waals surface area contributed by atoms with Crippen LogP contribution in [0.3, 0.4) is 0 Å². The number of nitrogens with zero attached hydrogens (tertiary/aromatic N) is 3. The smallest absolute Gasteiger partial charge is 0.321 e. The van der Waals surface area contributed by atoms with Crippen molar-refractivity contribution in [1.29, 1.82) is 0 Å². The average molecular weight is 431 g/mol. The second-order valence-electron chi connectivity index (χ2n) is 8.12. The van der Waals surface area contributed by atoms with Crippen LogP contribution < -0.4 is 10.1 Å². The number of carbonyl (C=O) groups excluding carboxylic acids is 2. The zero-order valence-corrected chi connectivity index (χ0v) is 18.2. The Labute approximate surface area is 187 Å². The van der Waals surface area contributed by atoms with E-state index in [-0.39, 0.29) is 17.8 Å². The number of amides is 2. The molecule has 3 aromatic rings. The predicted octanol–water partition coefficient (Wildman–Crippen LogP) is 4.60. The number of aromatic nitrogens is 2. The number of ether oxygens (including phenoxy) is 1. The zero-order valence-electron chi connectivity index (χ0n) is 18.2. The Bertz CT molecular complexity index is 1100. The molecule has 164 valence electrons. The van der Waals surface area contributed by atoms with Crippen LogP contribution in [-0.4, -0.2) is 38.8 Å². The first kappa shape index (κ1) is 21.5. The van der Waals surface area contributed by atoms with E-state index in [1.54, 1.807) is 47.6 Å². The van der Waals surface area contributed by atoms with E-state index in [0.717, 1.165) is 18.4 Å². The summed E-state index contributed by atoms with van der Waals surface area (Å²) < 4.78 is 5.66. The van der Waals surface area contributed by atoms with Gasteiger partial charge in [-0.15, -0.1) is 0 Å². The van der Waals surface area contributed by atoms with Crippen LogP contribution in [0.2, 0.25) is 0 Å². The van der Waals surface area contributed by atoms with Crippen molar-refractivity contribution < 1.29 is 14.3 Å². The van der Waals surface area contributed by atoms with Crippen molar-refractivity contribution in [2.45, 2.75) is 38.6 Å². The number of carbonyl (C=O) groups is 2. The summed E-state index contributed by atoms with van der Waals surface area (Å²) >= 11 is 0. The summed E-state index contributed by atoms with van der Waals surface area (Å²) in [5.74, 6) is 0.271. The molecule has 32 heavy (non-hydrogen) atoms. The normalized spacial score (nSPS) is 18.1. The molecule has 1 atom stereocenters. The first-order chi connectivity index (χ1) is 15.5. The van der Waals surface area contributed by atoms with Crippen LogP contribution in [-0.2, 0) is 4.79 Å². The van der Waals surface area contributed by atoms with E-state index in [1.165, 1.54) is 0 Å². The fraction of sp³-hybridized carbons (Fsp3) is 0.280. The van der Waals surface area contributed by atoms with Crippen molar-refractivity contribution in [3.63, 3.8) is 0 Å². The molecule has 2 heterocycles. The quantitative estimate of drug-likeness (QED) is 0.639. The van der Waals surface area contributed by atoms with Crippen molar-refractivity contribution in [2.75, 3.05) is 11.9 Å². The Hall–Kier alpha value is -3.74. The number of anilines is 1. The third kappa shape index (κ3) is 4.46. The van der Waals surface area contributed by atoms with Crippen molar-refractivity contribution in [1.82, 2.24) is 14.9 Å². The summed E-state index contributed by atoms with van der Waals surface area (Å²) in [4.78, 5) is 36.4. The van der Waals surface area contributed by atoms with Crippen molar-refractivity contribution >= 4 is 17.5 Å². The molecule has 1 N–H and O–H groups in total. The molecule has 0 radical (unpaired) electrons. The highest BCUT2D eigenvalue weighted by Gasteiger charge is 2.44. The van der Waals surface area contributed by atoms with E-state index in [0.29, 0.717) is 30.0 Å². The van der Waals surface area contributed by atoms with E-state index in [1.807, 2.05) is 38.1 Å². The number of hydrogen-bond acceptors (Lipinski definition) is 5. The van der Waals surface area contributed by atoms with E-state index in [2.05, 4.69) is 15.3 Å². The van der Waals surface area contributed by atoms with Crippen LogP contribution in [0, 0.1) is 6.92 Å². The Morgan fingerprint density at radius 3 is 2.50 bits per heavy atom. The van der Waals surface area contributed by atoms with Gasteiger partial charge in [-0.05, 0) is 75.1 Å². The summed E-state index contributed by atoms with van der Waals surface area (Å²) in [6.07, 6.45) is 5.61. The van der Waals surface area contributed by atoms with Crippen molar-refractivity contribution in [3.8, 4) is 11.8 Å². The van der Waals surface area contributed by atoms with Crippen LogP contribution in [0.1, 0.15) is 42.1 Å². The average Bonchev–Trinajstić information content (AvgIpc) is 2.82. The van der Waals surface area contributed by atoms with E-state index in [9.17, 15) is 9.59 Å². The van der Waals surface area contributed by atoms with E-state index >= 15 is 0 Å². The lowest BCUT2D eigenvalue weighted by atomic mass is 9.86. The number of hydrogen-bond donors (Lipinski definition) is 1. The van der Waals surface area contributed by atoms with Crippen molar-refractivity contribution in [2.24, 2.45) is 0 Å². The van der Waals surface area contributed by atoms with Crippen LogP contribution in [0.5, 0.6) is 11.8 Å². The molecule has 2 amide bonds. The van der Waals surface area contributed by atoms with E-state index < -0.39 is 5.54 Å². The van der Waals surface area contributed by atoms with E-state index in [4.69, 9.17) is 4.74 Å². The lowest BCUT2D eigenvalue weighted by Crippen LogP contribution is -2.59. The zero-order chi connectivity index (χ0) is 22.6. The van der Waals surface area contributed by atoms with Gasteiger partial charge in [0.05, 0.1) is 0 Å². The maximum Gasteiger partial charge on any atom is 0.321 e. The fourth-order valence-corrected chi connectivity index (χ4v) is 3.96. The summed E-state index contributed by atoms with van der Waals surface area (Å²) in [5.41, 5.74) is 1.18. The van der Waals surface area contributed by atoms with Crippen LogP contribution in [0.15, 0.2) is 67.0 Å². The highest BCUT2D eigenvalue weighted by atomic mass is 16.5. The Balaban J connectivity index is 1.52. The second-order valence-corrected chi connectivity index (χ2v) is 8.12. The lowest BCUT2D eigenvalue weighted by molar-refractivity contribution is -0.127. The minimum Gasteiger partial charge on any atom is -0.424 e. The minimum absolute atomic E-state index is 0.119. The molecule has 0 saturated carbocycles. The molecule has 1 aromatic heterocycles. The number of aryl methyl sites for hydroxylation is 1. The van der Waals surface area contributed by atoms with Gasteiger partial charge in [0.1, 0.15) is 11.3 Å². The molecule has 0 spiro atoms. The highest BCUT2D eigenvalue weighted by molar-refractivity contribution is 6.04. The van der Waals surface area contributed by atoms with Gasteiger partial charge in [0.25, 0.3) is 5.91 Å². The summed E-state index contributed by atoms with van der Waals surface area (Å²) in [6, 6.07) is 16.5.